The highest BCUT2D eigenvalue weighted by molar-refractivity contribution is 6.00. The Morgan fingerprint density at radius 3 is 2.46 bits per heavy atom. The van der Waals surface area contributed by atoms with Crippen molar-refractivity contribution in [1.82, 2.24) is 9.99 Å². The predicted molar refractivity (Wildman–Crippen MR) is 98.3 cm³/mol. The molecule has 1 atom stereocenters. The number of nitrogens with two attached hydrogens (primary N) is 1. The van der Waals surface area contributed by atoms with Gasteiger partial charge >= 0.3 is 6.09 Å². The Kier molecular flexibility index (Phi) is 5.54. The van der Waals surface area contributed by atoms with Gasteiger partial charge in [-0.05, 0) is 39.3 Å². The lowest BCUT2D eigenvalue weighted by Crippen LogP contribution is -2.47. The fourth-order valence-corrected chi connectivity index (χ4v) is 2.45. The van der Waals surface area contributed by atoms with E-state index >= 15 is 0 Å². The van der Waals surface area contributed by atoms with E-state index in [1.807, 2.05) is 6.07 Å². The number of carbonyl (C=O) groups excluding carboxylic acids is 3. The van der Waals surface area contributed by atoms with Crippen LogP contribution in [0.1, 0.15) is 44.6 Å². The van der Waals surface area contributed by atoms with Crippen LogP contribution in [0.5, 0.6) is 0 Å². The second kappa shape index (κ2) is 7.47. The van der Waals surface area contributed by atoms with E-state index in [0.717, 1.165) is 5.39 Å². The van der Waals surface area contributed by atoms with E-state index in [1.54, 1.807) is 52.0 Å². The lowest BCUT2D eigenvalue weighted by Gasteiger charge is -2.23. The van der Waals surface area contributed by atoms with Crippen molar-refractivity contribution < 1.29 is 19.1 Å². The van der Waals surface area contributed by atoms with Crippen LogP contribution in [-0.4, -0.2) is 34.2 Å². The number of nitrogens with zero attached hydrogens (tertiary/aromatic N) is 1. The molecule has 0 aliphatic rings. The van der Waals surface area contributed by atoms with Crippen LogP contribution in [0.25, 0.3) is 10.9 Å². The normalized spacial score (nSPS) is 12.5. The number of hydrogen-bond acceptors (Lipinski definition) is 4. The van der Waals surface area contributed by atoms with Crippen molar-refractivity contribution in [3.8, 4) is 0 Å². The maximum Gasteiger partial charge on any atom is 0.408 e. The summed E-state index contributed by atoms with van der Waals surface area (Å²) in [5, 5.41) is 3.29. The molecule has 0 saturated heterocycles. The molecule has 1 heterocycles. The van der Waals surface area contributed by atoms with Gasteiger partial charge in [0.1, 0.15) is 17.3 Å². The number of aromatic nitrogens is 1. The van der Waals surface area contributed by atoms with Crippen molar-refractivity contribution in [3.63, 3.8) is 0 Å². The van der Waals surface area contributed by atoms with Crippen molar-refractivity contribution in [2.45, 2.75) is 45.8 Å². The van der Waals surface area contributed by atoms with Gasteiger partial charge in [-0.25, -0.2) is 9.47 Å². The fraction of sp³-hybridized carbons (Fsp3) is 0.389. The third-order valence-corrected chi connectivity index (χ3v) is 3.60. The lowest BCUT2D eigenvalue weighted by atomic mass is 10.2. The molecule has 0 spiro atoms. The molecule has 4 N–H and O–H groups in total. The summed E-state index contributed by atoms with van der Waals surface area (Å²) in [7, 11) is 0. The molecule has 1 aromatic heterocycles. The van der Waals surface area contributed by atoms with Crippen LogP contribution in [-0.2, 0) is 9.53 Å². The molecule has 2 aromatic rings. The number of para-hydroxylation sites is 1. The van der Waals surface area contributed by atoms with Gasteiger partial charge in [0, 0.05) is 5.39 Å². The Bertz CT molecular complexity index is 835. The smallest absolute Gasteiger partial charge is 0.408 e. The van der Waals surface area contributed by atoms with Crippen molar-refractivity contribution in [2.75, 3.05) is 5.43 Å². The summed E-state index contributed by atoms with van der Waals surface area (Å²) in [5.41, 5.74) is 8.15. The van der Waals surface area contributed by atoms with Crippen LogP contribution in [0.15, 0.2) is 30.3 Å². The van der Waals surface area contributed by atoms with Crippen LogP contribution in [0, 0.1) is 0 Å². The second-order valence-electron chi connectivity index (χ2n) is 6.87. The minimum absolute atomic E-state index is 0.145. The Morgan fingerprint density at radius 2 is 1.88 bits per heavy atom. The van der Waals surface area contributed by atoms with Gasteiger partial charge in [0.15, 0.2) is 0 Å². The third-order valence-electron chi connectivity index (χ3n) is 3.60. The molecule has 3 amide bonds. The topological polar surface area (TPSA) is 115 Å². The van der Waals surface area contributed by atoms with Crippen LogP contribution in [0.2, 0.25) is 0 Å². The number of fused-ring (bicyclic) bond motifs is 1. The average Bonchev–Trinajstić information content (AvgIpc) is 2.90. The molecule has 26 heavy (non-hydrogen) atoms. The molecule has 1 unspecified atom stereocenters. The molecule has 0 radical (unpaired) electrons. The molecule has 0 aliphatic carbocycles. The maximum atomic E-state index is 12.6. The summed E-state index contributed by atoms with van der Waals surface area (Å²) in [5.74, 6) is -1.16. The van der Waals surface area contributed by atoms with Crippen LogP contribution in [0.4, 0.5) is 4.79 Å². The van der Waals surface area contributed by atoms with Gasteiger partial charge in [-0.15, -0.1) is 0 Å². The van der Waals surface area contributed by atoms with E-state index < -0.39 is 29.6 Å². The first-order valence-corrected chi connectivity index (χ1v) is 8.33. The number of hydrogen-bond donors (Lipinski definition) is 3. The lowest BCUT2D eigenvalue weighted by molar-refractivity contribution is -0.119. The molecule has 8 heteroatoms. The van der Waals surface area contributed by atoms with Gasteiger partial charge in [0.25, 0.3) is 11.8 Å². The van der Waals surface area contributed by atoms with Crippen molar-refractivity contribution in [1.29, 1.82) is 0 Å². The monoisotopic (exact) mass is 360 g/mol. The van der Waals surface area contributed by atoms with E-state index in [-0.39, 0.29) is 5.69 Å². The Morgan fingerprint density at radius 1 is 1.23 bits per heavy atom. The Hall–Kier alpha value is -3.03. The van der Waals surface area contributed by atoms with E-state index in [4.69, 9.17) is 10.5 Å². The molecule has 1 aromatic carbocycles. The minimum Gasteiger partial charge on any atom is -0.444 e. The van der Waals surface area contributed by atoms with Crippen molar-refractivity contribution >= 4 is 28.8 Å². The Labute approximate surface area is 151 Å². The molecule has 0 aliphatic heterocycles. The van der Waals surface area contributed by atoms with Gasteiger partial charge in [-0.1, -0.05) is 25.1 Å². The maximum absolute atomic E-state index is 12.6. The molecule has 8 nitrogen and oxygen atoms in total. The fourth-order valence-electron chi connectivity index (χ4n) is 2.45. The van der Waals surface area contributed by atoms with Gasteiger partial charge < -0.3 is 15.8 Å². The number of nitrogens with one attached hydrogen (secondary N) is 2. The van der Waals surface area contributed by atoms with Crippen LogP contribution >= 0.6 is 0 Å². The van der Waals surface area contributed by atoms with Gasteiger partial charge in [0.05, 0.1) is 5.52 Å². The number of rotatable bonds is 5. The number of ether oxygens (including phenoxy) is 1. The highest BCUT2D eigenvalue weighted by Crippen LogP contribution is 2.18. The quantitative estimate of drug-likeness (QED) is 0.757. The van der Waals surface area contributed by atoms with E-state index in [2.05, 4.69) is 10.7 Å². The molecule has 2 rings (SSSR count). The average molecular weight is 360 g/mol. The molecular weight excluding hydrogens is 336 g/mol. The summed E-state index contributed by atoms with van der Waals surface area (Å²) >= 11 is 0. The number of carbonyl (C=O) groups is 3. The summed E-state index contributed by atoms with van der Waals surface area (Å²) in [6.07, 6.45) is -0.345. The first-order chi connectivity index (χ1) is 12.1. The van der Waals surface area contributed by atoms with Gasteiger partial charge in [-0.3, -0.25) is 15.0 Å². The number of amides is 3. The highest BCUT2D eigenvalue weighted by atomic mass is 16.6. The first-order valence-electron chi connectivity index (χ1n) is 8.33. The predicted octanol–water partition coefficient (Wildman–Crippen LogP) is 2.11. The summed E-state index contributed by atoms with van der Waals surface area (Å²) in [6, 6.07) is 7.93. The number of benzene rings is 1. The van der Waals surface area contributed by atoms with Gasteiger partial charge in [-0.2, -0.15) is 0 Å². The standard InChI is InChI=1S/C18H24N4O4/c1-5-12(20-17(25)26-18(2,3)4)16(24)21-22-13-9-7-6-8-11(13)10-14(22)15(19)23/h6-10,12H,5H2,1-4H3,(H2,19,23)(H,20,25)(H,21,24). The van der Waals surface area contributed by atoms with E-state index in [0.29, 0.717) is 11.9 Å². The summed E-state index contributed by atoms with van der Waals surface area (Å²) in [4.78, 5) is 36.2. The minimum atomic E-state index is -0.827. The molecule has 0 fully saturated rings. The molecule has 140 valence electrons. The van der Waals surface area contributed by atoms with Crippen LogP contribution in [0.3, 0.4) is 0 Å². The number of alkyl carbamates (subject to hydrolysis) is 1. The molecular formula is C18H24N4O4. The summed E-state index contributed by atoms with van der Waals surface area (Å²) < 4.78 is 6.51. The highest BCUT2D eigenvalue weighted by Gasteiger charge is 2.24. The SMILES string of the molecule is CCC(NC(=O)OC(C)(C)C)C(=O)Nn1c(C(N)=O)cc2ccccc21. The molecule has 0 bridgehead atoms. The first kappa shape index (κ1) is 19.3. The number of primary amides is 1. The second-order valence-corrected chi connectivity index (χ2v) is 6.87. The Balaban J connectivity index is 2.22. The van der Waals surface area contributed by atoms with Crippen LogP contribution < -0.4 is 16.5 Å². The molecule has 0 saturated carbocycles. The van der Waals surface area contributed by atoms with E-state index in [9.17, 15) is 14.4 Å². The van der Waals surface area contributed by atoms with Gasteiger partial charge in [0.2, 0.25) is 0 Å². The zero-order chi connectivity index (χ0) is 19.5. The van der Waals surface area contributed by atoms with E-state index in [1.165, 1.54) is 4.68 Å². The largest absolute Gasteiger partial charge is 0.444 e. The zero-order valence-electron chi connectivity index (χ0n) is 15.3. The third kappa shape index (κ3) is 4.53. The zero-order valence-corrected chi connectivity index (χ0v) is 15.3. The van der Waals surface area contributed by atoms with Crippen molar-refractivity contribution in [3.05, 3.63) is 36.0 Å². The van der Waals surface area contributed by atoms with Crippen molar-refractivity contribution in [2.24, 2.45) is 5.73 Å². The summed E-state index contributed by atoms with van der Waals surface area (Å²) in [6.45, 7) is 6.96.